The lowest BCUT2D eigenvalue weighted by Gasteiger charge is -1.98. The first kappa shape index (κ1) is 17.4. The van der Waals surface area contributed by atoms with Crippen LogP contribution in [0.15, 0.2) is 54.9 Å². The Bertz CT molecular complexity index is 1060. The molecule has 0 fully saturated rings. The third-order valence-electron chi connectivity index (χ3n) is 3.82. The Morgan fingerprint density at radius 2 is 1.81 bits per heavy atom. The summed E-state index contributed by atoms with van der Waals surface area (Å²) in [6.07, 6.45) is 4.11. The van der Waals surface area contributed by atoms with Crippen molar-refractivity contribution in [2.24, 2.45) is 0 Å². The van der Waals surface area contributed by atoms with Gasteiger partial charge in [0.25, 0.3) is 5.91 Å². The van der Waals surface area contributed by atoms with Crippen molar-refractivity contribution in [1.82, 2.24) is 20.2 Å². The van der Waals surface area contributed by atoms with Gasteiger partial charge in [-0.05, 0) is 24.6 Å². The lowest BCUT2D eigenvalue weighted by Crippen LogP contribution is -2.11. The van der Waals surface area contributed by atoms with E-state index >= 15 is 0 Å². The van der Waals surface area contributed by atoms with E-state index in [1.165, 1.54) is 22.7 Å². The number of benzene rings is 1. The van der Waals surface area contributed by atoms with E-state index in [1.807, 2.05) is 49.4 Å². The number of thiazole rings is 1. The lowest BCUT2D eigenvalue weighted by molar-refractivity contribution is 0.102. The first-order valence-corrected chi connectivity index (χ1v) is 9.88. The number of carbonyl (C=O) groups is 1. The average molecular weight is 393 g/mol. The minimum Gasteiger partial charge on any atom is -0.296 e. The molecule has 0 unspecified atom stereocenters. The lowest BCUT2D eigenvalue weighted by atomic mass is 10.2. The fraction of sp³-hybridized carbons (Fsp3) is 0.105. The fourth-order valence-electron chi connectivity index (χ4n) is 2.52. The summed E-state index contributed by atoms with van der Waals surface area (Å²) < 4.78 is 0. The van der Waals surface area contributed by atoms with Crippen molar-refractivity contribution in [3.05, 3.63) is 76.0 Å². The Kier molecular flexibility index (Phi) is 4.99. The average Bonchev–Trinajstić information content (AvgIpc) is 3.29. The summed E-state index contributed by atoms with van der Waals surface area (Å²) in [5.41, 5.74) is 2.79. The standard InChI is InChI=1S/C19H15N5OS2/c1-12-16(27-18(21-12)14-7-9-20-10-8-14)17(25)22-19-24-23-15(26-19)11-13-5-3-2-4-6-13/h2-10H,11H2,1H3,(H,22,24,25). The van der Waals surface area contributed by atoms with Crippen molar-refractivity contribution in [3.8, 4) is 10.6 Å². The van der Waals surface area contributed by atoms with E-state index in [0.29, 0.717) is 22.1 Å². The van der Waals surface area contributed by atoms with Gasteiger partial charge in [-0.2, -0.15) is 0 Å². The molecule has 0 bridgehead atoms. The summed E-state index contributed by atoms with van der Waals surface area (Å²) in [7, 11) is 0. The predicted octanol–water partition coefficient (Wildman–Crippen LogP) is 4.21. The summed E-state index contributed by atoms with van der Waals surface area (Å²) in [6.45, 7) is 1.83. The van der Waals surface area contributed by atoms with E-state index in [0.717, 1.165) is 21.1 Å². The van der Waals surface area contributed by atoms with E-state index in [1.54, 1.807) is 12.4 Å². The maximum atomic E-state index is 12.6. The third-order valence-corrected chi connectivity index (χ3v) is 5.86. The molecule has 134 valence electrons. The second-order valence-electron chi connectivity index (χ2n) is 5.79. The molecule has 1 amide bonds. The molecule has 1 N–H and O–H groups in total. The molecule has 0 aliphatic heterocycles. The molecule has 3 aromatic heterocycles. The molecular weight excluding hydrogens is 378 g/mol. The van der Waals surface area contributed by atoms with Gasteiger partial charge in [-0.15, -0.1) is 21.5 Å². The van der Waals surface area contributed by atoms with Crippen LogP contribution in [0.1, 0.15) is 25.9 Å². The molecule has 4 rings (SSSR count). The van der Waals surface area contributed by atoms with Gasteiger partial charge in [0, 0.05) is 24.4 Å². The van der Waals surface area contributed by atoms with E-state index in [9.17, 15) is 4.79 Å². The molecule has 4 aromatic rings. The fourth-order valence-corrected chi connectivity index (χ4v) is 4.26. The second kappa shape index (κ2) is 7.73. The molecule has 0 atom stereocenters. The van der Waals surface area contributed by atoms with Crippen LogP contribution < -0.4 is 5.32 Å². The van der Waals surface area contributed by atoms with Crippen LogP contribution in [0.3, 0.4) is 0 Å². The molecule has 0 aliphatic carbocycles. The number of nitrogens with zero attached hydrogens (tertiary/aromatic N) is 4. The van der Waals surface area contributed by atoms with Gasteiger partial charge in [-0.3, -0.25) is 15.1 Å². The summed E-state index contributed by atoms with van der Waals surface area (Å²) >= 11 is 2.74. The molecule has 0 spiro atoms. The van der Waals surface area contributed by atoms with Crippen LogP contribution in [0, 0.1) is 6.92 Å². The highest BCUT2D eigenvalue weighted by Crippen LogP contribution is 2.28. The van der Waals surface area contributed by atoms with Crippen molar-refractivity contribution < 1.29 is 4.79 Å². The highest BCUT2D eigenvalue weighted by molar-refractivity contribution is 7.17. The summed E-state index contributed by atoms with van der Waals surface area (Å²) in [5.74, 6) is -0.215. The van der Waals surface area contributed by atoms with Crippen LogP contribution in [-0.4, -0.2) is 26.1 Å². The van der Waals surface area contributed by atoms with Crippen LogP contribution in [0.2, 0.25) is 0 Å². The summed E-state index contributed by atoms with van der Waals surface area (Å²) in [6, 6.07) is 13.8. The van der Waals surface area contributed by atoms with Crippen LogP contribution in [-0.2, 0) is 6.42 Å². The second-order valence-corrected chi connectivity index (χ2v) is 7.85. The van der Waals surface area contributed by atoms with Crippen LogP contribution in [0.4, 0.5) is 5.13 Å². The molecule has 27 heavy (non-hydrogen) atoms. The third kappa shape index (κ3) is 4.07. The Morgan fingerprint density at radius 3 is 2.59 bits per heavy atom. The van der Waals surface area contributed by atoms with Gasteiger partial charge < -0.3 is 0 Å². The SMILES string of the molecule is Cc1nc(-c2ccncc2)sc1C(=O)Nc1nnc(Cc2ccccc2)s1. The number of amides is 1. The van der Waals surface area contributed by atoms with Gasteiger partial charge in [0.05, 0.1) is 5.69 Å². The number of aryl methyl sites for hydroxylation is 1. The smallest absolute Gasteiger partial charge is 0.269 e. The van der Waals surface area contributed by atoms with Crippen molar-refractivity contribution in [2.75, 3.05) is 5.32 Å². The topological polar surface area (TPSA) is 80.7 Å². The minimum atomic E-state index is -0.215. The van der Waals surface area contributed by atoms with E-state index in [2.05, 4.69) is 25.5 Å². The first-order chi connectivity index (χ1) is 13.2. The zero-order valence-corrected chi connectivity index (χ0v) is 16.0. The number of carbonyl (C=O) groups excluding carboxylic acids is 1. The van der Waals surface area contributed by atoms with Gasteiger partial charge in [-0.1, -0.05) is 41.7 Å². The Morgan fingerprint density at radius 1 is 1.04 bits per heavy atom. The van der Waals surface area contributed by atoms with Crippen LogP contribution in [0.25, 0.3) is 10.6 Å². The zero-order valence-electron chi connectivity index (χ0n) is 14.4. The van der Waals surface area contributed by atoms with Crippen LogP contribution in [0.5, 0.6) is 0 Å². The van der Waals surface area contributed by atoms with Gasteiger partial charge in [0.1, 0.15) is 14.9 Å². The number of aromatic nitrogens is 4. The van der Waals surface area contributed by atoms with Crippen molar-refractivity contribution in [2.45, 2.75) is 13.3 Å². The molecule has 0 saturated carbocycles. The number of hydrogen-bond donors (Lipinski definition) is 1. The molecule has 6 nitrogen and oxygen atoms in total. The van der Waals surface area contributed by atoms with Crippen LogP contribution >= 0.6 is 22.7 Å². The maximum absolute atomic E-state index is 12.6. The first-order valence-electron chi connectivity index (χ1n) is 8.24. The molecule has 0 aliphatic rings. The molecule has 0 radical (unpaired) electrons. The summed E-state index contributed by atoms with van der Waals surface area (Å²) in [4.78, 5) is 21.7. The maximum Gasteiger partial charge on any atom is 0.269 e. The van der Waals surface area contributed by atoms with E-state index in [4.69, 9.17) is 0 Å². The van der Waals surface area contributed by atoms with E-state index in [-0.39, 0.29) is 5.91 Å². The molecular formula is C19H15N5OS2. The summed E-state index contributed by atoms with van der Waals surface area (Å²) in [5, 5.41) is 13.2. The van der Waals surface area contributed by atoms with E-state index < -0.39 is 0 Å². The van der Waals surface area contributed by atoms with Crippen molar-refractivity contribution in [3.63, 3.8) is 0 Å². The largest absolute Gasteiger partial charge is 0.296 e. The van der Waals surface area contributed by atoms with Crippen molar-refractivity contribution in [1.29, 1.82) is 0 Å². The highest BCUT2D eigenvalue weighted by atomic mass is 32.1. The number of pyridine rings is 1. The predicted molar refractivity (Wildman–Crippen MR) is 107 cm³/mol. The Balaban J connectivity index is 1.48. The Hall–Kier alpha value is -2.97. The monoisotopic (exact) mass is 393 g/mol. The number of hydrogen-bond acceptors (Lipinski definition) is 7. The van der Waals surface area contributed by atoms with Gasteiger partial charge in [0.15, 0.2) is 0 Å². The normalized spacial score (nSPS) is 10.7. The molecule has 3 heterocycles. The Labute approximate surface area is 164 Å². The quantitative estimate of drug-likeness (QED) is 0.549. The van der Waals surface area contributed by atoms with Crippen molar-refractivity contribution >= 4 is 33.7 Å². The number of rotatable bonds is 5. The zero-order chi connectivity index (χ0) is 18.6. The van der Waals surface area contributed by atoms with Gasteiger partial charge >= 0.3 is 0 Å². The highest BCUT2D eigenvalue weighted by Gasteiger charge is 2.18. The molecule has 0 saturated heterocycles. The van der Waals surface area contributed by atoms with Gasteiger partial charge in [-0.25, -0.2) is 4.98 Å². The van der Waals surface area contributed by atoms with Gasteiger partial charge in [0.2, 0.25) is 5.13 Å². The number of anilines is 1. The molecule has 1 aromatic carbocycles. The number of nitrogens with one attached hydrogen (secondary N) is 1. The molecule has 8 heteroatoms. The minimum absolute atomic E-state index is 0.215.